The normalized spacial score (nSPS) is 17.1. The van der Waals surface area contributed by atoms with Crippen LogP contribution < -0.4 is 10.0 Å². The van der Waals surface area contributed by atoms with Crippen molar-refractivity contribution in [3.8, 4) is 16.9 Å². The van der Waals surface area contributed by atoms with E-state index in [9.17, 15) is 27.1 Å². The zero-order chi connectivity index (χ0) is 23.2. The maximum absolute atomic E-state index is 14.8. The summed E-state index contributed by atoms with van der Waals surface area (Å²) in [6, 6.07) is 9.77. The highest BCUT2D eigenvalue weighted by atomic mass is 35.5. The third kappa shape index (κ3) is 3.78. The molecule has 0 saturated heterocycles. The van der Waals surface area contributed by atoms with Crippen LogP contribution in [0.15, 0.2) is 53.4 Å². The Balaban J connectivity index is 2.06. The van der Waals surface area contributed by atoms with Gasteiger partial charge in [0.15, 0.2) is 5.75 Å². The number of carbonyl (C=O) groups is 1. The number of anilines is 1. The molecule has 0 spiro atoms. The second kappa shape index (κ2) is 8.07. The summed E-state index contributed by atoms with van der Waals surface area (Å²) in [6.45, 7) is 1.81. The Morgan fingerprint density at radius 2 is 1.78 bits per heavy atom. The molecule has 0 radical (unpaired) electrons. The number of amides is 1. The van der Waals surface area contributed by atoms with E-state index in [1.807, 2.05) is 11.6 Å². The van der Waals surface area contributed by atoms with E-state index in [4.69, 9.17) is 11.6 Å². The number of carbonyl (C=O) groups excluding carboxylic acids is 1. The van der Waals surface area contributed by atoms with E-state index in [0.717, 1.165) is 18.2 Å². The molecular formula is C22H17ClF2N2O4S. The van der Waals surface area contributed by atoms with Crippen molar-refractivity contribution in [2.75, 3.05) is 4.72 Å². The van der Waals surface area contributed by atoms with Crippen molar-refractivity contribution in [3.63, 3.8) is 0 Å². The molecular weight excluding hydrogens is 462 g/mol. The molecule has 3 aromatic carbocycles. The van der Waals surface area contributed by atoms with E-state index in [2.05, 4.69) is 5.32 Å². The van der Waals surface area contributed by atoms with Crippen LogP contribution in [0.1, 0.15) is 35.3 Å². The van der Waals surface area contributed by atoms with Crippen LogP contribution in [0, 0.1) is 11.6 Å². The van der Waals surface area contributed by atoms with Crippen LogP contribution in [0.25, 0.3) is 11.1 Å². The number of halogens is 3. The molecule has 0 saturated carbocycles. The van der Waals surface area contributed by atoms with E-state index >= 15 is 0 Å². The quantitative estimate of drug-likeness (QED) is 0.459. The summed E-state index contributed by atoms with van der Waals surface area (Å²) in [5.74, 6) is -3.50. The molecule has 1 heterocycles. The van der Waals surface area contributed by atoms with E-state index in [1.54, 1.807) is 24.3 Å². The average molecular weight is 479 g/mol. The number of benzene rings is 3. The predicted molar refractivity (Wildman–Crippen MR) is 116 cm³/mol. The molecule has 4 bridgehead atoms. The van der Waals surface area contributed by atoms with Gasteiger partial charge in [0.2, 0.25) is 0 Å². The summed E-state index contributed by atoms with van der Waals surface area (Å²) in [7, 11) is -4.59. The fraction of sp³-hybridized carbons (Fsp3) is 0.136. The van der Waals surface area contributed by atoms with Gasteiger partial charge in [-0.3, -0.25) is 9.52 Å². The van der Waals surface area contributed by atoms with E-state index in [-0.39, 0.29) is 16.1 Å². The summed E-state index contributed by atoms with van der Waals surface area (Å²) in [5, 5.41) is 12.6. The van der Waals surface area contributed by atoms with Crippen LogP contribution in [-0.2, 0) is 10.0 Å². The monoisotopic (exact) mass is 478 g/mol. The third-order valence-corrected chi connectivity index (χ3v) is 6.89. The maximum Gasteiger partial charge on any atom is 0.265 e. The zero-order valence-electron chi connectivity index (χ0n) is 16.6. The second-order valence-corrected chi connectivity index (χ2v) is 9.30. The number of hydrogen-bond acceptors (Lipinski definition) is 4. The number of hydrogen-bond donors (Lipinski definition) is 3. The van der Waals surface area contributed by atoms with Crippen LogP contribution >= 0.6 is 11.6 Å². The summed E-state index contributed by atoms with van der Waals surface area (Å²) < 4.78 is 57.2. The van der Waals surface area contributed by atoms with Crippen LogP contribution in [0.3, 0.4) is 0 Å². The minimum absolute atomic E-state index is 0.0550. The number of fused-ring (bicyclic) bond motifs is 6. The standard InChI is InChI=1S/C22H17ClF2N2O4S/c1-2-18-13-6-4-3-5-12(13)14-9-19(17(25)10-16(14)24)27-32(30,31)20-8-11(22(29)26-18)7-15(23)21(20)28/h3-10,18,27-28H,2H2,1H3,(H,26,29)/t18-/m1/s1. The lowest BCUT2D eigenvalue weighted by molar-refractivity contribution is 0.0935. The topological polar surface area (TPSA) is 95.5 Å². The molecule has 1 aliphatic heterocycles. The van der Waals surface area contributed by atoms with Crippen molar-refractivity contribution < 1.29 is 27.1 Å². The smallest absolute Gasteiger partial charge is 0.265 e. The Kier molecular flexibility index (Phi) is 5.56. The Bertz CT molecular complexity index is 1360. The van der Waals surface area contributed by atoms with Gasteiger partial charge in [0.1, 0.15) is 16.5 Å². The zero-order valence-corrected chi connectivity index (χ0v) is 18.2. The molecule has 1 aliphatic rings. The highest BCUT2D eigenvalue weighted by Gasteiger charge is 2.28. The first-order chi connectivity index (χ1) is 15.1. The Labute approximate surface area is 187 Å². The second-order valence-electron chi connectivity index (χ2n) is 7.24. The first kappa shape index (κ1) is 22.0. The van der Waals surface area contributed by atoms with E-state index < -0.39 is 49.9 Å². The van der Waals surface area contributed by atoms with Gasteiger partial charge >= 0.3 is 0 Å². The first-order valence-electron chi connectivity index (χ1n) is 9.57. The van der Waals surface area contributed by atoms with Crippen LogP contribution in [0.5, 0.6) is 5.75 Å². The third-order valence-electron chi connectivity index (χ3n) is 5.22. The van der Waals surface area contributed by atoms with Crippen LogP contribution in [0.4, 0.5) is 14.5 Å². The Morgan fingerprint density at radius 1 is 1.06 bits per heavy atom. The summed E-state index contributed by atoms with van der Waals surface area (Å²) in [5.41, 5.74) is 0.225. The van der Waals surface area contributed by atoms with Gasteiger partial charge in [0.25, 0.3) is 15.9 Å². The van der Waals surface area contributed by atoms with Gasteiger partial charge in [-0.15, -0.1) is 0 Å². The van der Waals surface area contributed by atoms with Crippen molar-refractivity contribution in [2.24, 2.45) is 0 Å². The summed E-state index contributed by atoms with van der Waals surface area (Å²) in [4.78, 5) is 12.2. The number of aromatic hydroxyl groups is 1. The average Bonchev–Trinajstić information content (AvgIpc) is 2.75. The van der Waals surface area contributed by atoms with Crippen LogP contribution in [0.2, 0.25) is 5.02 Å². The lowest BCUT2D eigenvalue weighted by Gasteiger charge is -2.21. The molecule has 0 unspecified atom stereocenters. The lowest BCUT2D eigenvalue weighted by atomic mass is 9.92. The minimum Gasteiger partial charge on any atom is -0.505 e. The van der Waals surface area contributed by atoms with Gasteiger partial charge in [0, 0.05) is 17.2 Å². The highest BCUT2D eigenvalue weighted by Crippen LogP contribution is 2.38. The Morgan fingerprint density at radius 3 is 2.50 bits per heavy atom. The molecule has 1 atom stereocenters. The highest BCUT2D eigenvalue weighted by molar-refractivity contribution is 7.92. The maximum atomic E-state index is 14.8. The van der Waals surface area contributed by atoms with Gasteiger partial charge in [-0.25, -0.2) is 17.2 Å². The fourth-order valence-electron chi connectivity index (χ4n) is 3.63. The van der Waals surface area contributed by atoms with Crippen molar-refractivity contribution in [2.45, 2.75) is 24.3 Å². The molecule has 0 fully saturated rings. The van der Waals surface area contributed by atoms with Gasteiger partial charge in [0.05, 0.1) is 16.8 Å². The summed E-state index contributed by atoms with van der Waals surface area (Å²) in [6.07, 6.45) is 0.424. The van der Waals surface area contributed by atoms with Crippen molar-refractivity contribution >= 4 is 33.2 Å². The largest absolute Gasteiger partial charge is 0.505 e. The predicted octanol–water partition coefficient (Wildman–Crippen LogP) is 4.99. The molecule has 166 valence electrons. The number of sulfonamides is 1. The first-order valence-corrected chi connectivity index (χ1v) is 11.4. The number of phenols is 1. The number of rotatable bonds is 1. The molecule has 1 amide bonds. The number of nitrogens with one attached hydrogen (secondary N) is 2. The molecule has 10 heteroatoms. The lowest BCUT2D eigenvalue weighted by Crippen LogP contribution is -2.28. The Hall–Kier alpha value is -3.17. The number of phenolic OH excluding ortho intramolecular Hbond substituents is 1. The van der Waals surface area contributed by atoms with Gasteiger partial charge < -0.3 is 10.4 Å². The minimum atomic E-state index is -4.59. The molecule has 32 heavy (non-hydrogen) atoms. The van der Waals surface area contributed by atoms with Crippen molar-refractivity contribution in [3.05, 3.63) is 76.3 Å². The molecule has 3 N–H and O–H groups in total. The molecule has 6 nitrogen and oxygen atoms in total. The van der Waals surface area contributed by atoms with Gasteiger partial charge in [-0.2, -0.15) is 0 Å². The van der Waals surface area contributed by atoms with Crippen molar-refractivity contribution in [1.29, 1.82) is 0 Å². The van der Waals surface area contributed by atoms with E-state index in [1.165, 1.54) is 0 Å². The van der Waals surface area contributed by atoms with Gasteiger partial charge in [-0.05, 0) is 35.7 Å². The van der Waals surface area contributed by atoms with E-state index in [0.29, 0.717) is 23.6 Å². The van der Waals surface area contributed by atoms with Gasteiger partial charge in [-0.1, -0.05) is 42.8 Å². The van der Waals surface area contributed by atoms with Crippen LogP contribution in [-0.4, -0.2) is 19.4 Å². The molecule has 0 aliphatic carbocycles. The van der Waals surface area contributed by atoms with Crippen molar-refractivity contribution in [1.82, 2.24) is 5.32 Å². The SMILES string of the molecule is CC[C@H]1NC(=O)c2cc(Cl)c(O)c(c2)S(=O)(=O)Nc2cc(c(F)cc2F)-c2ccccc21. The molecule has 3 aromatic rings. The molecule has 0 aromatic heterocycles. The fourth-order valence-corrected chi connectivity index (χ4v) is 5.11. The summed E-state index contributed by atoms with van der Waals surface area (Å²) >= 11 is 5.97. The molecule has 4 rings (SSSR count).